The van der Waals surface area contributed by atoms with E-state index in [2.05, 4.69) is 20.9 Å². The van der Waals surface area contributed by atoms with Gasteiger partial charge in [-0.1, -0.05) is 15.9 Å². The number of aryl methyl sites for hydroxylation is 1. The third-order valence-electron chi connectivity index (χ3n) is 2.09. The summed E-state index contributed by atoms with van der Waals surface area (Å²) in [5.74, 6) is 1.49. The maximum Gasteiger partial charge on any atom is 0.133 e. The van der Waals surface area contributed by atoms with Crippen molar-refractivity contribution in [3.63, 3.8) is 0 Å². The van der Waals surface area contributed by atoms with Gasteiger partial charge in [0.1, 0.15) is 11.5 Å². The summed E-state index contributed by atoms with van der Waals surface area (Å²) in [6.07, 6.45) is 3.46. The summed E-state index contributed by atoms with van der Waals surface area (Å²) in [6, 6.07) is 7.31. The van der Waals surface area contributed by atoms with Crippen LogP contribution >= 0.6 is 15.9 Å². The first-order valence-corrected chi connectivity index (χ1v) is 5.59. The van der Waals surface area contributed by atoms with Crippen LogP contribution < -0.4 is 10.5 Å². The molecule has 1 aromatic carbocycles. The standard InChI is InChI=1S/C12H11BrN2O/c1-8-7-15-3-2-12(8)16-11-5-9(13)4-10(14)6-11/h2-7H,14H2,1H3. The van der Waals surface area contributed by atoms with Crippen molar-refractivity contribution in [3.8, 4) is 11.5 Å². The zero-order valence-corrected chi connectivity index (χ0v) is 10.4. The first kappa shape index (κ1) is 11.0. The highest BCUT2D eigenvalue weighted by Gasteiger charge is 2.02. The highest BCUT2D eigenvalue weighted by atomic mass is 79.9. The average Bonchev–Trinajstić information content (AvgIpc) is 2.20. The van der Waals surface area contributed by atoms with E-state index in [-0.39, 0.29) is 0 Å². The molecule has 0 spiro atoms. The molecule has 0 fully saturated rings. The summed E-state index contributed by atoms with van der Waals surface area (Å²) in [6.45, 7) is 1.95. The second-order valence-electron chi connectivity index (χ2n) is 3.46. The van der Waals surface area contributed by atoms with Gasteiger partial charge in [-0.3, -0.25) is 4.98 Å². The van der Waals surface area contributed by atoms with Crippen molar-refractivity contribution in [1.82, 2.24) is 4.98 Å². The minimum atomic E-state index is 0.663. The van der Waals surface area contributed by atoms with Crippen LogP contribution in [0.3, 0.4) is 0 Å². The highest BCUT2D eigenvalue weighted by molar-refractivity contribution is 9.10. The van der Waals surface area contributed by atoms with E-state index < -0.39 is 0 Å². The Morgan fingerprint density at radius 3 is 2.81 bits per heavy atom. The molecule has 0 saturated carbocycles. The maximum atomic E-state index is 5.73. The van der Waals surface area contributed by atoms with Gasteiger partial charge in [-0.25, -0.2) is 0 Å². The number of rotatable bonds is 2. The number of halogens is 1. The summed E-state index contributed by atoms with van der Waals surface area (Å²) < 4.78 is 6.62. The van der Waals surface area contributed by atoms with Crippen LogP contribution in [0.15, 0.2) is 41.1 Å². The molecule has 16 heavy (non-hydrogen) atoms. The molecule has 0 amide bonds. The average molecular weight is 279 g/mol. The molecule has 0 aliphatic rings. The number of hydrogen-bond donors (Lipinski definition) is 1. The van der Waals surface area contributed by atoms with Crippen LogP contribution in [0.4, 0.5) is 5.69 Å². The number of hydrogen-bond acceptors (Lipinski definition) is 3. The van der Waals surface area contributed by atoms with Crippen LogP contribution in [0.2, 0.25) is 0 Å². The molecular formula is C12H11BrN2O. The maximum absolute atomic E-state index is 5.73. The van der Waals surface area contributed by atoms with E-state index in [9.17, 15) is 0 Å². The lowest BCUT2D eigenvalue weighted by atomic mass is 10.3. The minimum Gasteiger partial charge on any atom is -0.457 e. The van der Waals surface area contributed by atoms with Gasteiger partial charge in [0, 0.05) is 34.2 Å². The van der Waals surface area contributed by atoms with Crippen molar-refractivity contribution in [1.29, 1.82) is 0 Å². The summed E-state index contributed by atoms with van der Waals surface area (Å²) in [4.78, 5) is 4.01. The topological polar surface area (TPSA) is 48.1 Å². The van der Waals surface area contributed by atoms with Crippen LogP contribution in [0.1, 0.15) is 5.56 Å². The molecule has 0 atom stereocenters. The molecule has 4 heteroatoms. The van der Waals surface area contributed by atoms with Crippen LogP contribution in [0.5, 0.6) is 11.5 Å². The Balaban J connectivity index is 2.30. The minimum absolute atomic E-state index is 0.663. The number of nitrogen functional groups attached to an aromatic ring is 1. The van der Waals surface area contributed by atoms with E-state index in [0.717, 1.165) is 15.8 Å². The van der Waals surface area contributed by atoms with E-state index in [1.807, 2.05) is 25.1 Å². The monoisotopic (exact) mass is 278 g/mol. The first-order valence-electron chi connectivity index (χ1n) is 4.80. The molecule has 0 radical (unpaired) electrons. The van der Waals surface area contributed by atoms with Gasteiger partial charge in [0.2, 0.25) is 0 Å². The van der Waals surface area contributed by atoms with Crippen molar-refractivity contribution < 1.29 is 4.74 Å². The van der Waals surface area contributed by atoms with Crippen LogP contribution in [0, 0.1) is 6.92 Å². The molecular weight excluding hydrogens is 268 g/mol. The van der Waals surface area contributed by atoms with Gasteiger partial charge in [-0.05, 0) is 25.1 Å². The summed E-state index contributed by atoms with van der Waals surface area (Å²) in [7, 11) is 0. The zero-order valence-electron chi connectivity index (χ0n) is 8.77. The molecule has 82 valence electrons. The van der Waals surface area contributed by atoms with Crippen molar-refractivity contribution >= 4 is 21.6 Å². The highest BCUT2D eigenvalue weighted by Crippen LogP contribution is 2.28. The third kappa shape index (κ3) is 2.52. The van der Waals surface area contributed by atoms with Crippen LogP contribution in [-0.4, -0.2) is 4.98 Å². The molecule has 2 N–H and O–H groups in total. The molecule has 2 rings (SSSR count). The molecule has 0 aliphatic heterocycles. The Morgan fingerprint density at radius 2 is 2.12 bits per heavy atom. The smallest absolute Gasteiger partial charge is 0.133 e. The third-order valence-corrected chi connectivity index (χ3v) is 2.55. The van der Waals surface area contributed by atoms with Gasteiger partial charge < -0.3 is 10.5 Å². The van der Waals surface area contributed by atoms with Gasteiger partial charge >= 0.3 is 0 Å². The van der Waals surface area contributed by atoms with E-state index >= 15 is 0 Å². The Hall–Kier alpha value is -1.55. The number of aromatic nitrogens is 1. The summed E-state index contributed by atoms with van der Waals surface area (Å²) in [5, 5.41) is 0. The van der Waals surface area contributed by atoms with Gasteiger partial charge in [-0.2, -0.15) is 0 Å². The van der Waals surface area contributed by atoms with Crippen molar-refractivity contribution in [2.45, 2.75) is 6.92 Å². The summed E-state index contributed by atoms with van der Waals surface area (Å²) >= 11 is 3.37. The van der Waals surface area contributed by atoms with Gasteiger partial charge in [-0.15, -0.1) is 0 Å². The fourth-order valence-electron chi connectivity index (χ4n) is 1.35. The fraction of sp³-hybridized carbons (Fsp3) is 0.0833. The Kier molecular flexibility index (Phi) is 3.10. The molecule has 0 saturated heterocycles. The molecule has 0 bridgehead atoms. The van der Waals surface area contributed by atoms with Crippen LogP contribution in [-0.2, 0) is 0 Å². The quantitative estimate of drug-likeness (QED) is 0.855. The largest absolute Gasteiger partial charge is 0.457 e. The first-order chi connectivity index (χ1) is 7.65. The lowest BCUT2D eigenvalue weighted by Gasteiger charge is -2.08. The molecule has 1 aromatic heterocycles. The molecule has 3 nitrogen and oxygen atoms in total. The number of pyridine rings is 1. The normalized spacial score (nSPS) is 10.1. The number of nitrogens with two attached hydrogens (primary N) is 1. The molecule has 1 heterocycles. The van der Waals surface area contributed by atoms with E-state index in [0.29, 0.717) is 11.4 Å². The van der Waals surface area contributed by atoms with E-state index in [1.54, 1.807) is 18.5 Å². The second-order valence-corrected chi connectivity index (χ2v) is 4.38. The summed E-state index contributed by atoms with van der Waals surface area (Å²) in [5.41, 5.74) is 7.38. The van der Waals surface area contributed by atoms with E-state index in [4.69, 9.17) is 10.5 Å². The fourth-order valence-corrected chi connectivity index (χ4v) is 1.84. The lowest BCUT2D eigenvalue weighted by Crippen LogP contribution is -1.90. The Bertz CT molecular complexity index is 494. The molecule has 0 aliphatic carbocycles. The SMILES string of the molecule is Cc1cnccc1Oc1cc(N)cc(Br)c1. The van der Waals surface area contributed by atoms with Crippen molar-refractivity contribution in [3.05, 3.63) is 46.7 Å². The molecule has 0 unspecified atom stereocenters. The Labute approximate surface area is 102 Å². The second kappa shape index (κ2) is 4.53. The predicted molar refractivity (Wildman–Crippen MR) is 67.6 cm³/mol. The zero-order chi connectivity index (χ0) is 11.5. The Morgan fingerprint density at radius 1 is 1.31 bits per heavy atom. The lowest BCUT2D eigenvalue weighted by molar-refractivity contribution is 0.478. The van der Waals surface area contributed by atoms with Crippen LogP contribution in [0.25, 0.3) is 0 Å². The van der Waals surface area contributed by atoms with Gasteiger partial charge in [0.15, 0.2) is 0 Å². The number of anilines is 1. The predicted octanol–water partition coefficient (Wildman–Crippen LogP) is 3.53. The van der Waals surface area contributed by atoms with Gasteiger partial charge in [0.25, 0.3) is 0 Å². The van der Waals surface area contributed by atoms with E-state index in [1.165, 1.54) is 0 Å². The number of ether oxygens (including phenoxy) is 1. The van der Waals surface area contributed by atoms with Crippen molar-refractivity contribution in [2.24, 2.45) is 0 Å². The number of benzene rings is 1. The van der Waals surface area contributed by atoms with Crippen molar-refractivity contribution in [2.75, 3.05) is 5.73 Å². The molecule has 2 aromatic rings. The number of nitrogens with zero attached hydrogens (tertiary/aromatic N) is 1. The van der Waals surface area contributed by atoms with Gasteiger partial charge in [0.05, 0.1) is 0 Å².